The van der Waals surface area contributed by atoms with Gasteiger partial charge in [0, 0.05) is 12.2 Å². The Morgan fingerprint density at radius 2 is 2.00 bits per heavy atom. The molecule has 0 aliphatic rings. The van der Waals surface area contributed by atoms with Crippen LogP contribution in [0.3, 0.4) is 0 Å². The van der Waals surface area contributed by atoms with Crippen LogP contribution in [0.1, 0.15) is 34.1 Å². The minimum Gasteiger partial charge on any atom is -0.462 e. The number of halogens is 1. The Labute approximate surface area is 174 Å². The van der Waals surface area contributed by atoms with Crippen LogP contribution in [-0.4, -0.2) is 17.1 Å². The summed E-state index contributed by atoms with van der Waals surface area (Å²) < 4.78 is 6.81. The van der Waals surface area contributed by atoms with Gasteiger partial charge in [-0.05, 0) is 55.3 Å². The molecule has 0 atom stereocenters. The average Bonchev–Trinajstić information content (AvgIpc) is 3.01. The van der Waals surface area contributed by atoms with Crippen LogP contribution >= 0.6 is 11.6 Å². The van der Waals surface area contributed by atoms with Gasteiger partial charge in [-0.3, -0.25) is 4.57 Å². The number of carbonyl (C=O) groups is 1. The zero-order valence-electron chi connectivity index (χ0n) is 16.2. The summed E-state index contributed by atoms with van der Waals surface area (Å²) in [6, 6.07) is 16.7. The van der Waals surface area contributed by atoms with Crippen LogP contribution in [0, 0.1) is 18.3 Å². The highest BCUT2D eigenvalue weighted by Crippen LogP contribution is 2.27. The topological polar surface area (TPSA) is 93.1 Å². The van der Waals surface area contributed by atoms with Crippen LogP contribution in [0.5, 0.6) is 0 Å². The third kappa shape index (κ3) is 4.20. The number of nitrogens with two attached hydrogens (primary N) is 1. The molecule has 0 radical (unpaired) electrons. The van der Waals surface area contributed by atoms with E-state index < -0.39 is 5.97 Å². The van der Waals surface area contributed by atoms with E-state index in [9.17, 15) is 10.1 Å². The van der Waals surface area contributed by atoms with E-state index in [4.69, 9.17) is 22.1 Å². The van der Waals surface area contributed by atoms with Gasteiger partial charge in [-0.2, -0.15) is 5.26 Å². The lowest BCUT2D eigenvalue weighted by molar-refractivity contribution is 0.0527. The summed E-state index contributed by atoms with van der Waals surface area (Å²) in [5, 5.41) is 13.1. The van der Waals surface area contributed by atoms with Crippen LogP contribution in [0.25, 0.3) is 5.69 Å². The molecule has 148 valence electrons. The molecule has 0 unspecified atom stereocenters. The van der Waals surface area contributed by atoms with Crippen molar-refractivity contribution in [3.05, 3.63) is 76.1 Å². The number of rotatable bonds is 6. The van der Waals surface area contributed by atoms with Gasteiger partial charge in [0.2, 0.25) is 0 Å². The van der Waals surface area contributed by atoms with Gasteiger partial charge in [0.05, 0.1) is 23.5 Å². The lowest BCUT2D eigenvalue weighted by Gasteiger charge is -2.14. The number of benzene rings is 2. The molecule has 0 bridgehead atoms. The molecule has 0 aliphatic carbocycles. The highest BCUT2D eigenvalue weighted by atomic mass is 35.5. The summed E-state index contributed by atoms with van der Waals surface area (Å²) >= 11 is 6.34. The largest absolute Gasteiger partial charge is 0.462 e. The maximum Gasteiger partial charge on any atom is 0.340 e. The van der Waals surface area contributed by atoms with Gasteiger partial charge in [0.15, 0.2) is 0 Å². The second-order valence-corrected chi connectivity index (χ2v) is 6.82. The molecule has 0 saturated heterocycles. The fraction of sp³-hybridized carbons (Fsp3) is 0.182. The molecule has 0 saturated carbocycles. The van der Waals surface area contributed by atoms with Crippen LogP contribution in [0.15, 0.2) is 48.5 Å². The van der Waals surface area contributed by atoms with Crippen molar-refractivity contribution in [1.29, 1.82) is 5.26 Å². The monoisotopic (exact) mass is 408 g/mol. The summed E-state index contributed by atoms with van der Waals surface area (Å²) in [4.78, 5) is 12.2. The highest BCUT2D eigenvalue weighted by Gasteiger charge is 2.15. The highest BCUT2D eigenvalue weighted by molar-refractivity contribution is 6.30. The predicted molar refractivity (Wildman–Crippen MR) is 114 cm³/mol. The van der Waals surface area contributed by atoms with Crippen molar-refractivity contribution in [3.8, 4) is 11.8 Å². The number of nitrogen functional groups attached to an aromatic ring is 1. The fourth-order valence-electron chi connectivity index (χ4n) is 3.05. The van der Waals surface area contributed by atoms with Crippen molar-refractivity contribution in [2.24, 2.45) is 0 Å². The van der Waals surface area contributed by atoms with Crippen molar-refractivity contribution in [2.75, 3.05) is 17.7 Å². The van der Waals surface area contributed by atoms with Crippen molar-refractivity contribution < 1.29 is 9.53 Å². The first kappa shape index (κ1) is 20.3. The summed E-state index contributed by atoms with van der Waals surface area (Å²) in [6.07, 6.45) is 0. The summed E-state index contributed by atoms with van der Waals surface area (Å²) in [5.41, 5.74) is 10.6. The maximum absolute atomic E-state index is 12.2. The number of nitrogens with zero attached hydrogens (tertiary/aromatic N) is 2. The lowest BCUT2D eigenvalue weighted by Crippen LogP contribution is -2.11. The van der Waals surface area contributed by atoms with Crippen LogP contribution in [0.4, 0.5) is 11.4 Å². The molecule has 0 fully saturated rings. The maximum atomic E-state index is 12.2. The molecule has 1 aromatic heterocycles. The zero-order chi connectivity index (χ0) is 21.0. The third-order valence-corrected chi connectivity index (χ3v) is 4.95. The summed E-state index contributed by atoms with van der Waals surface area (Å²) in [5.74, 6) is -0.417. The summed E-state index contributed by atoms with van der Waals surface area (Å²) in [7, 11) is 0. The third-order valence-electron chi connectivity index (χ3n) is 4.49. The number of ether oxygens (including phenoxy) is 1. The molecule has 1 heterocycles. The van der Waals surface area contributed by atoms with Crippen LogP contribution in [0.2, 0.25) is 5.15 Å². The molecule has 7 heteroatoms. The quantitative estimate of drug-likeness (QED) is 0.456. The van der Waals surface area contributed by atoms with E-state index in [0.29, 0.717) is 40.9 Å². The molecule has 0 spiro atoms. The number of aryl methyl sites for hydroxylation is 1. The Balaban J connectivity index is 1.81. The summed E-state index contributed by atoms with van der Waals surface area (Å²) in [6.45, 7) is 4.38. The van der Waals surface area contributed by atoms with E-state index in [-0.39, 0.29) is 0 Å². The molecule has 29 heavy (non-hydrogen) atoms. The molecule has 0 amide bonds. The molecular weight excluding hydrogens is 388 g/mol. The molecule has 0 aliphatic heterocycles. The van der Waals surface area contributed by atoms with Gasteiger partial charge in [-0.25, -0.2) is 4.79 Å². The van der Waals surface area contributed by atoms with Crippen LogP contribution < -0.4 is 11.1 Å². The van der Waals surface area contributed by atoms with Gasteiger partial charge in [0.25, 0.3) is 0 Å². The van der Waals surface area contributed by atoms with Gasteiger partial charge in [0.1, 0.15) is 16.9 Å². The molecule has 2 aromatic carbocycles. The normalized spacial score (nSPS) is 10.4. The SMILES string of the molecule is CCOC(=O)c1cccc(N)c1NCc1ccc(-n2c(C#N)cc(C)c2Cl)cc1. The number of nitrogens with one attached hydrogen (secondary N) is 1. The first-order chi connectivity index (χ1) is 14.0. The zero-order valence-corrected chi connectivity index (χ0v) is 17.0. The molecule has 6 nitrogen and oxygen atoms in total. The van der Waals surface area contributed by atoms with E-state index in [2.05, 4.69) is 11.4 Å². The molecular formula is C22H21ClN4O2. The number of hydrogen-bond donors (Lipinski definition) is 2. The van der Waals surface area contributed by atoms with Crippen LogP contribution in [-0.2, 0) is 11.3 Å². The number of aromatic nitrogens is 1. The number of esters is 1. The van der Waals surface area contributed by atoms with Crippen molar-refractivity contribution in [1.82, 2.24) is 4.57 Å². The first-order valence-corrected chi connectivity index (χ1v) is 9.50. The minimum atomic E-state index is -0.417. The second kappa shape index (κ2) is 8.72. The predicted octanol–water partition coefficient (Wildman–Crippen LogP) is 4.68. The Kier molecular flexibility index (Phi) is 6.10. The Bertz CT molecular complexity index is 1080. The van der Waals surface area contributed by atoms with Gasteiger partial charge < -0.3 is 15.8 Å². The first-order valence-electron chi connectivity index (χ1n) is 9.13. The van der Waals surface area contributed by atoms with E-state index >= 15 is 0 Å². The smallest absolute Gasteiger partial charge is 0.340 e. The number of hydrogen-bond acceptors (Lipinski definition) is 5. The van der Waals surface area contributed by atoms with Gasteiger partial charge in [-0.15, -0.1) is 0 Å². The average molecular weight is 409 g/mol. The van der Waals surface area contributed by atoms with Gasteiger partial charge >= 0.3 is 5.97 Å². The number of nitriles is 1. The molecule has 3 rings (SSSR count). The van der Waals surface area contributed by atoms with E-state index in [1.54, 1.807) is 35.8 Å². The minimum absolute atomic E-state index is 0.292. The Morgan fingerprint density at radius 1 is 1.28 bits per heavy atom. The van der Waals surface area contributed by atoms with E-state index in [1.165, 1.54) is 0 Å². The van der Waals surface area contributed by atoms with E-state index in [0.717, 1.165) is 16.8 Å². The Morgan fingerprint density at radius 3 is 2.66 bits per heavy atom. The standard InChI is InChI=1S/C22H21ClN4O2/c1-3-29-22(28)18-5-4-6-19(25)20(18)26-13-15-7-9-16(10-8-15)27-17(12-24)11-14(2)21(27)23/h4-11,26H,3,13,25H2,1-2H3. The number of carbonyl (C=O) groups excluding carboxylic acids is 1. The fourth-order valence-corrected chi connectivity index (χ4v) is 3.29. The number of anilines is 2. The molecule has 3 aromatic rings. The van der Waals surface area contributed by atoms with Crippen molar-refractivity contribution in [2.45, 2.75) is 20.4 Å². The Hall–Kier alpha value is -3.43. The van der Waals surface area contributed by atoms with Crippen molar-refractivity contribution in [3.63, 3.8) is 0 Å². The van der Waals surface area contributed by atoms with Gasteiger partial charge in [-0.1, -0.05) is 29.8 Å². The second-order valence-electron chi connectivity index (χ2n) is 6.46. The lowest BCUT2D eigenvalue weighted by atomic mass is 10.1. The van der Waals surface area contributed by atoms with E-state index in [1.807, 2.05) is 31.2 Å². The number of para-hydroxylation sites is 1. The van der Waals surface area contributed by atoms with Crippen molar-refractivity contribution >= 4 is 28.9 Å². The molecule has 3 N–H and O–H groups in total.